The molecule has 0 saturated heterocycles. The molecule has 0 radical (unpaired) electrons. The van der Waals surface area contributed by atoms with Gasteiger partial charge in [0.25, 0.3) is 0 Å². The number of carboxylic acids is 1. The molecule has 1 atom stereocenters. The van der Waals surface area contributed by atoms with Gasteiger partial charge in [-0.05, 0) is 37.5 Å². The molecule has 0 aromatic heterocycles. The molecule has 0 spiro atoms. The van der Waals surface area contributed by atoms with Crippen molar-refractivity contribution in [2.45, 2.75) is 48.2 Å². The first kappa shape index (κ1) is 25.8. The van der Waals surface area contributed by atoms with Crippen LogP contribution in [0.3, 0.4) is 0 Å². The van der Waals surface area contributed by atoms with Crippen LogP contribution in [0, 0.1) is 0 Å². The molecule has 1 saturated carbocycles. The van der Waals surface area contributed by atoms with Crippen molar-refractivity contribution in [3.8, 4) is 0 Å². The molecule has 0 heterocycles. The van der Waals surface area contributed by atoms with Gasteiger partial charge in [0.15, 0.2) is 9.84 Å². The van der Waals surface area contributed by atoms with Crippen molar-refractivity contribution in [2.24, 2.45) is 10.7 Å². The summed E-state index contributed by atoms with van der Waals surface area (Å²) >= 11 is 0. The van der Waals surface area contributed by atoms with Crippen LogP contribution in [0.25, 0.3) is 0 Å². The maximum Gasteiger partial charge on any atom is 0.416 e. The van der Waals surface area contributed by atoms with E-state index in [4.69, 9.17) is 10.8 Å². The number of benzene rings is 1. The number of carboxylic acid groups (broad SMARTS) is 1. The van der Waals surface area contributed by atoms with Gasteiger partial charge in [0.1, 0.15) is 6.54 Å². The zero-order valence-corrected chi connectivity index (χ0v) is 18.5. The number of aliphatic imine (C=N–C) groups is 1. The minimum atomic E-state index is -4.98. The third kappa shape index (κ3) is 6.07. The summed E-state index contributed by atoms with van der Waals surface area (Å²) in [4.78, 5) is 13.0. The number of hydrogen-bond acceptors (Lipinski definition) is 7. The molecule has 32 heavy (non-hydrogen) atoms. The average molecular weight is 498 g/mol. The van der Waals surface area contributed by atoms with Gasteiger partial charge in [-0.3, -0.25) is 9.79 Å². The molecule has 9 nitrogen and oxygen atoms in total. The lowest BCUT2D eigenvalue weighted by molar-refractivity contribution is -0.138. The highest BCUT2D eigenvalue weighted by Crippen LogP contribution is 2.33. The standard InChI is InChI=1S/C18H22F3N3O6S2/c1-2-31(27,28)12-6-11(18(19,20)21)7-13(8-12)32(29,30)24-16-5-3-4-15(14(16)9-22)23-10-17(25)26/h6-9,16,24H,2-5,10,22H2,1H3,(H,25,26)/t16-/m1/s1. The molecule has 1 aromatic carbocycles. The van der Waals surface area contributed by atoms with E-state index in [1.165, 1.54) is 6.92 Å². The number of nitrogens with two attached hydrogens (primary N) is 1. The quantitative estimate of drug-likeness (QED) is 0.518. The number of hydrogen-bond donors (Lipinski definition) is 3. The molecule has 0 bridgehead atoms. The van der Waals surface area contributed by atoms with Crippen LogP contribution < -0.4 is 10.5 Å². The molecular weight excluding hydrogens is 475 g/mol. The second-order valence-corrected chi connectivity index (χ2v) is 10.9. The molecule has 0 amide bonds. The number of aliphatic carboxylic acids is 1. The summed E-state index contributed by atoms with van der Waals surface area (Å²) < 4.78 is 92.3. The first-order valence-corrected chi connectivity index (χ1v) is 12.5. The number of halogens is 3. The summed E-state index contributed by atoms with van der Waals surface area (Å²) in [6.07, 6.45) is -2.93. The lowest BCUT2D eigenvalue weighted by atomic mass is 9.89. The van der Waals surface area contributed by atoms with Gasteiger partial charge in [0, 0.05) is 17.5 Å². The van der Waals surface area contributed by atoms with E-state index in [0.717, 1.165) is 6.20 Å². The van der Waals surface area contributed by atoms with Crippen LogP contribution in [-0.4, -0.2) is 52.0 Å². The van der Waals surface area contributed by atoms with Crippen LogP contribution in [0.5, 0.6) is 0 Å². The molecule has 1 aliphatic carbocycles. The molecule has 14 heteroatoms. The van der Waals surface area contributed by atoms with Crippen LogP contribution in [-0.2, 0) is 30.8 Å². The fourth-order valence-corrected chi connectivity index (χ4v) is 5.48. The minimum Gasteiger partial charge on any atom is -0.480 e. The van der Waals surface area contributed by atoms with E-state index < -0.39 is 65.7 Å². The second-order valence-electron chi connectivity index (χ2n) is 6.94. The van der Waals surface area contributed by atoms with Gasteiger partial charge >= 0.3 is 12.1 Å². The predicted molar refractivity (Wildman–Crippen MR) is 109 cm³/mol. The summed E-state index contributed by atoms with van der Waals surface area (Å²) in [5, 5.41) is 8.80. The fourth-order valence-electron chi connectivity index (χ4n) is 3.13. The summed E-state index contributed by atoms with van der Waals surface area (Å²) in [5.41, 5.74) is 4.63. The lowest BCUT2D eigenvalue weighted by Gasteiger charge is -2.27. The van der Waals surface area contributed by atoms with E-state index in [2.05, 4.69) is 9.71 Å². The number of rotatable bonds is 7. The smallest absolute Gasteiger partial charge is 0.416 e. The molecule has 2 rings (SSSR count). The van der Waals surface area contributed by atoms with Crippen molar-refractivity contribution < 1.29 is 39.9 Å². The second kappa shape index (κ2) is 9.58. The highest BCUT2D eigenvalue weighted by atomic mass is 32.2. The molecular formula is C18H22F3N3O6S2. The number of nitrogens with one attached hydrogen (secondary N) is 1. The zero-order chi connectivity index (χ0) is 24.3. The van der Waals surface area contributed by atoms with E-state index in [-0.39, 0.29) is 17.7 Å². The number of nitrogens with zero attached hydrogens (tertiary/aromatic N) is 1. The SMILES string of the molecule is CCS(=O)(=O)c1cc(C(F)(F)F)cc(S(=O)(=O)N[C@@H]2CCCC(=NCC(=O)O)C2=CN)c1. The Balaban J connectivity index is 2.50. The van der Waals surface area contributed by atoms with Crippen LogP contribution in [0.2, 0.25) is 0 Å². The molecule has 178 valence electrons. The number of carbonyl (C=O) groups is 1. The normalized spacial score (nSPS) is 20.6. The maximum atomic E-state index is 13.3. The Bertz CT molecular complexity index is 1160. The minimum absolute atomic E-state index is 0.203. The average Bonchev–Trinajstić information content (AvgIpc) is 2.71. The van der Waals surface area contributed by atoms with Gasteiger partial charge in [-0.15, -0.1) is 0 Å². The van der Waals surface area contributed by atoms with Gasteiger partial charge in [0.05, 0.1) is 27.1 Å². The van der Waals surface area contributed by atoms with Crippen molar-refractivity contribution in [3.63, 3.8) is 0 Å². The third-order valence-corrected chi connectivity index (χ3v) is 7.92. The van der Waals surface area contributed by atoms with Crippen molar-refractivity contribution in [1.29, 1.82) is 0 Å². The number of alkyl halides is 3. The first-order valence-electron chi connectivity index (χ1n) is 9.36. The summed E-state index contributed by atoms with van der Waals surface area (Å²) in [6, 6.07) is 0.433. The Morgan fingerprint density at radius 2 is 1.88 bits per heavy atom. The van der Waals surface area contributed by atoms with Gasteiger partial charge in [-0.2, -0.15) is 13.2 Å². The van der Waals surface area contributed by atoms with E-state index >= 15 is 0 Å². The Labute approximate surface area is 183 Å². The maximum absolute atomic E-state index is 13.3. The number of sulfonamides is 1. The van der Waals surface area contributed by atoms with E-state index in [1.807, 2.05) is 0 Å². The van der Waals surface area contributed by atoms with Crippen LogP contribution in [0.1, 0.15) is 31.7 Å². The Kier molecular flexibility index (Phi) is 7.73. The van der Waals surface area contributed by atoms with E-state index in [0.29, 0.717) is 31.0 Å². The van der Waals surface area contributed by atoms with Gasteiger partial charge in [0.2, 0.25) is 10.0 Å². The van der Waals surface area contributed by atoms with Gasteiger partial charge < -0.3 is 10.8 Å². The van der Waals surface area contributed by atoms with Gasteiger partial charge in [-0.25, -0.2) is 21.6 Å². The zero-order valence-electron chi connectivity index (χ0n) is 16.9. The molecule has 1 fully saturated rings. The summed E-state index contributed by atoms with van der Waals surface area (Å²) in [7, 11) is -8.75. The molecule has 4 N–H and O–H groups in total. The molecule has 0 aliphatic heterocycles. The third-order valence-electron chi connectivity index (χ3n) is 4.75. The Morgan fingerprint density at radius 1 is 1.25 bits per heavy atom. The van der Waals surface area contributed by atoms with Crippen molar-refractivity contribution in [3.05, 3.63) is 35.5 Å². The topological polar surface area (TPSA) is 156 Å². The highest BCUT2D eigenvalue weighted by Gasteiger charge is 2.35. The Morgan fingerprint density at radius 3 is 2.41 bits per heavy atom. The van der Waals surface area contributed by atoms with Gasteiger partial charge in [-0.1, -0.05) is 6.92 Å². The number of sulfone groups is 1. The van der Waals surface area contributed by atoms with Crippen LogP contribution >= 0.6 is 0 Å². The summed E-state index contributed by atoms with van der Waals surface area (Å²) in [6.45, 7) is 0.665. The lowest BCUT2D eigenvalue weighted by Crippen LogP contribution is -2.41. The highest BCUT2D eigenvalue weighted by molar-refractivity contribution is 7.91. The van der Waals surface area contributed by atoms with Crippen molar-refractivity contribution in [1.82, 2.24) is 4.72 Å². The Hall–Kier alpha value is -2.45. The van der Waals surface area contributed by atoms with E-state index in [1.54, 1.807) is 0 Å². The monoisotopic (exact) mass is 497 g/mol. The van der Waals surface area contributed by atoms with Crippen LogP contribution in [0.4, 0.5) is 13.2 Å². The largest absolute Gasteiger partial charge is 0.480 e. The van der Waals surface area contributed by atoms with E-state index in [9.17, 15) is 34.8 Å². The molecule has 1 aromatic rings. The van der Waals surface area contributed by atoms with Crippen molar-refractivity contribution in [2.75, 3.05) is 12.3 Å². The van der Waals surface area contributed by atoms with Crippen molar-refractivity contribution >= 4 is 31.5 Å². The first-order chi connectivity index (χ1) is 14.7. The molecule has 0 unspecified atom stereocenters. The fraction of sp³-hybridized carbons (Fsp3) is 0.444. The van der Waals surface area contributed by atoms with Crippen LogP contribution in [0.15, 0.2) is 44.8 Å². The predicted octanol–water partition coefficient (Wildman–Crippen LogP) is 1.70. The summed E-state index contributed by atoms with van der Waals surface area (Å²) in [5.74, 6) is -1.72. The molecule has 1 aliphatic rings.